The van der Waals surface area contributed by atoms with Crippen LogP contribution in [0.25, 0.3) is 0 Å². The van der Waals surface area contributed by atoms with Gasteiger partial charge in [0.05, 0.1) is 130 Å². The molecule has 1 unspecified atom stereocenters. The van der Waals surface area contributed by atoms with Crippen molar-refractivity contribution in [2.24, 2.45) is 5.73 Å². The number of nitrogens with two attached hydrogens (primary N) is 4. The highest BCUT2D eigenvalue weighted by Gasteiger charge is 2.37. The topological polar surface area (TPSA) is 405 Å². The molecular formula is C83H114Cl2N16O12S4. The lowest BCUT2D eigenvalue weighted by Crippen LogP contribution is -2.42. The number of benzene rings is 5. The highest BCUT2D eigenvalue weighted by Crippen LogP contribution is 2.24. The molecule has 4 atom stereocenters. The maximum Gasteiger partial charge on any atom is 0.353 e. The average Bonchev–Trinajstić information content (AvgIpc) is 1.84. The number of halogens is 2. The van der Waals surface area contributed by atoms with E-state index in [0.29, 0.717) is 33.5 Å². The Morgan fingerprint density at radius 2 is 0.872 bits per heavy atom. The summed E-state index contributed by atoms with van der Waals surface area (Å²) in [6.45, 7) is 25.0. The number of carbonyl (C=O) groups is 4. The molecule has 0 saturated carbocycles. The number of esters is 2. The third kappa shape index (κ3) is 37.0. The summed E-state index contributed by atoms with van der Waals surface area (Å²) in [6.07, 6.45) is 23.3. The highest BCUT2D eigenvalue weighted by molar-refractivity contribution is 7.98. The number of carboxylic acids is 1. The van der Waals surface area contributed by atoms with E-state index < -0.39 is 51.9 Å². The number of hydrogen-bond acceptors (Lipinski definition) is 22. The Morgan fingerprint density at radius 3 is 1.24 bits per heavy atom. The fourth-order valence-corrected chi connectivity index (χ4v) is 13.8. The molecule has 0 saturated heterocycles. The van der Waals surface area contributed by atoms with E-state index in [-0.39, 0.29) is 43.2 Å². The van der Waals surface area contributed by atoms with Crippen LogP contribution in [0.4, 0.5) is 17.1 Å². The van der Waals surface area contributed by atoms with Crippen LogP contribution in [0, 0.1) is 18.6 Å². The minimum Gasteiger partial charge on any atom is -0.478 e. The Morgan fingerprint density at radius 1 is 0.521 bits per heavy atom. The molecular weight excluding hydrogens is 1610 g/mol. The monoisotopic (exact) mass is 1720 g/mol. The first kappa shape index (κ1) is 101. The number of rotatable bonds is 33. The molecule has 0 amide bonds. The number of anilines is 3. The number of nitrogens with one attached hydrogen (secondary N) is 1. The number of aromatic amines is 1. The van der Waals surface area contributed by atoms with Gasteiger partial charge in [0, 0.05) is 113 Å². The fourth-order valence-electron chi connectivity index (χ4n) is 10.2. The lowest BCUT2D eigenvalue weighted by molar-refractivity contribution is -0.187. The summed E-state index contributed by atoms with van der Waals surface area (Å²) < 4.78 is 51.8. The molecule has 5 aromatic carbocycles. The third-order valence-corrected chi connectivity index (χ3v) is 20.7. The van der Waals surface area contributed by atoms with Gasteiger partial charge in [0.1, 0.15) is 0 Å². The molecule has 6 heterocycles. The highest BCUT2D eigenvalue weighted by atomic mass is 35.5. The van der Waals surface area contributed by atoms with E-state index in [1.807, 2.05) is 96.2 Å². The summed E-state index contributed by atoms with van der Waals surface area (Å²) in [5.41, 5.74) is 32.2. The largest absolute Gasteiger partial charge is 0.478 e. The van der Waals surface area contributed by atoms with E-state index in [1.165, 1.54) is 34.9 Å². The number of aryl methyl sites for hydroxylation is 7. The first-order valence-electron chi connectivity index (χ1n) is 38.0. The van der Waals surface area contributed by atoms with E-state index in [2.05, 4.69) is 114 Å². The third-order valence-electron chi connectivity index (χ3n) is 16.3. The van der Waals surface area contributed by atoms with Crippen LogP contribution >= 0.6 is 48.0 Å². The van der Waals surface area contributed by atoms with Crippen LogP contribution < -0.4 is 22.9 Å². The Balaban J connectivity index is 0.000000359. The zero-order valence-corrected chi connectivity index (χ0v) is 72.8. The van der Waals surface area contributed by atoms with Crippen LogP contribution in [0.2, 0.25) is 0 Å². The van der Waals surface area contributed by atoms with Crippen molar-refractivity contribution in [1.29, 1.82) is 0 Å². The van der Waals surface area contributed by atoms with Crippen LogP contribution in [-0.4, -0.2) is 124 Å². The lowest BCUT2D eigenvalue weighted by Gasteiger charge is -2.22. The number of carboxylic acid groups (broad SMARTS) is 1. The molecule has 0 radical (unpaired) electrons. The van der Waals surface area contributed by atoms with E-state index >= 15 is 0 Å². The number of thioether (sulfide) groups is 1. The van der Waals surface area contributed by atoms with Crippen molar-refractivity contribution in [1.82, 2.24) is 57.3 Å². The van der Waals surface area contributed by atoms with E-state index in [4.69, 9.17) is 66.4 Å². The van der Waals surface area contributed by atoms with Gasteiger partial charge in [-0.2, -0.15) is 0 Å². The van der Waals surface area contributed by atoms with Crippen molar-refractivity contribution in [2.45, 2.75) is 210 Å². The zero-order valence-electron chi connectivity index (χ0n) is 67.9. The molecule has 34 heteroatoms. The van der Waals surface area contributed by atoms with Gasteiger partial charge >= 0.3 is 17.9 Å². The number of carbonyl (C=O) groups excluding carboxylic acids is 3. The molecule has 0 aliphatic heterocycles. The normalized spacial score (nSPS) is 11.3. The number of ether oxygens (including phenoxy) is 3. The van der Waals surface area contributed by atoms with Crippen molar-refractivity contribution in [3.05, 3.63) is 251 Å². The predicted molar refractivity (Wildman–Crippen MR) is 468 cm³/mol. The van der Waals surface area contributed by atoms with E-state index in [0.717, 1.165) is 152 Å². The maximum absolute atomic E-state index is 12.2. The minimum absolute atomic E-state index is 0. The molecule has 0 aliphatic rings. The second-order valence-corrected chi connectivity index (χ2v) is 30.3. The molecule has 11 rings (SSSR count). The molecule has 0 aliphatic carbocycles. The summed E-state index contributed by atoms with van der Waals surface area (Å²) in [5.74, 6) is -1.08. The smallest absolute Gasteiger partial charge is 0.353 e. The zero-order chi connectivity index (χ0) is 85.2. The predicted octanol–water partition coefficient (Wildman–Crippen LogP) is 14.8. The molecule has 6 aromatic heterocycles. The van der Waals surface area contributed by atoms with E-state index in [9.17, 15) is 32.7 Å². The standard InChI is InChI=1S/C20H18O8.2C13H17N3OS.C13H17N3S.C7H11ClN2.C7H12N2OS.C7H12N2O.C3H9N.ClH/c1-12-3-7-14(8-4-12)18(24)27-16(17(22)23)20(26-11-21)28-19(25)15-9-5-13(2)6-10-15;2*1-2-7-16-10-15-8-12(16)9-18(17)13-5-3-11(14)4-6-13;1-2-7-16-10-15-8-12(16)9-17-13-5-3-11(14)4-6-13;1-2-3-10-6-9-5-7(10)4-8;1-2-3-9-6(5-10)4-8-7(9)11;1-2-3-9-6-8-4-7(9)5-10;1-2-3-4;/h3-11,16,20H,1-2H3,(H,22,23);2*3-6,8,10H,2,7,9,14H2,1H3;3-6,8,10H,2,7,9,14H2,1H3;5-6H,2-4H2,1H3;4,10H,2-3,5H2,1H3,(H,8,11);4,6,10H,2-3,5H2,1H3;2-4H2,1H3;1H/t16-,20+;18-;;;;;;;/m10......./s1. The summed E-state index contributed by atoms with van der Waals surface area (Å²) in [7, 11) is -2.10. The number of aromatic nitrogens is 12. The van der Waals surface area contributed by atoms with Gasteiger partial charge in [0.2, 0.25) is 0 Å². The van der Waals surface area contributed by atoms with Crippen LogP contribution in [0.3, 0.4) is 0 Å². The molecule has 0 bridgehead atoms. The van der Waals surface area contributed by atoms with Crippen LogP contribution in [0.15, 0.2) is 205 Å². The number of alkyl halides is 1. The number of hydrogen-bond donors (Lipinski definition) is 8. The Bertz CT molecular complexity index is 4540. The van der Waals surface area contributed by atoms with Crippen LogP contribution in [0.5, 0.6) is 0 Å². The van der Waals surface area contributed by atoms with Gasteiger partial charge in [-0.05, 0) is 175 Å². The summed E-state index contributed by atoms with van der Waals surface area (Å²) in [5, 5.41) is 27.0. The summed E-state index contributed by atoms with van der Waals surface area (Å²) in [6, 6.07) is 34.7. The molecule has 12 N–H and O–H groups in total. The van der Waals surface area contributed by atoms with Crippen molar-refractivity contribution in [2.75, 3.05) is 23.7 Å². The van der Waals surface area contributed by atoms with Gasteiger partial charge in [-0.1, -0.05) is 83.9 Å². The van der Waals surface area contributed by atoms with Gasteiger partial charge in [0.25, 0.3) is 18.9 Å². The SMILES string of the molecule is CCCN.CCCn1c(CO)c[nH]c1=S.CCCn1cncc1CCl.CCCn1cncc1CO.CCCn1cncc1CS(=O)c1ccc(N)cc1.CCCn1cncc1CSc1ccc(N)cc1.CCCn1cncc1C[S@](=O)c1ccc(N)cc1.Cc1ccc(C(=O)O[C@H](OC=O)[C@H](OC(=O)c2ccc(C)cc2)C(=O)O)cc1.Cl. The second kappa shape index (κ2) is 57.9. The van der Waals surface area contributed by atoms with Gasteiger partial charge in [-0.25, -0.2) is 39.3 Å². The van der Waals surface area contributed by atoms with Crippen molar-refractivity contribution in [3.63, 3.8) is 0 Å². The van der Waals surface area contributed by atoms with Crippen LogP contribution in [0.1, 0.15) is 159 Å². The van der Waals surface area contributed by atoms with Crippen molar-refractivity contribution >= 4 is 111 Å². The van der Waals surface area contributed by atoms with Gasteiger partial charge in [0.15, 0.2) is 4.77 Å². The molecule has 0 spiro atoms. The first-order valence-corrected chi connectivity index (χ1v) is 42.6. The van der Waals surface area contributed by atoms with Crippen LogP contribution in [-0.2, 0) is 121 Å². The average molecular weight is 1730 g/mol. The minimum atomic E-state index is -2.05. The maximum atomic E-state index is 12.2. The number of imidazole rings is 6. The number of aliphatic carboxylic acids is 1. The number of nitrogen functional groups attached to an aromatic ring is 3. The van der Waals surface area contributed by atoms with Crippen molar-refractivity contribution < 1.29 is 57.1 Å². The molecule has 117 heavy (non-hydrogen) atoms. The molecule has 0 fully saturated rings. The number of aliphatic hydroxyl groups excluding tert-OH is 2. The van der Waals surface area contributed by atoms with E-state index in [1.54, 1.807) is 92.3 Å². The lowest BCUT2D eigenvalue weighted by atomic mass is 10.1. The van der Waals surface area contributed by atoms with Gasteiger partial charge in [-0.15, -0.1) is 35.8 Å². The fraction of sp³-hybridized carbons (Fsp3) is 0.373. The Hall–Kier alpha value is -10.0. The summed E-state index contributed by atoms with van der Waals surface area (Å²) >= 11 is 12.5. The quantitative estimate of drug-likeness (QED) is 0.00360. The summed E-state index contributed by atoms with van der Waals surface area (Å²) in [4.78, 5) is 72.7. The molecule has 28 nitrogen and oxygen atoms in total. The molecule has 11 aromatic rings. The number of H-pyrrole nitrogens is 1. The molecule has 636 valence electrons. The van der Waals surface area contributed by atoms with Gasteiger partial charge < -0.3 is 84.9 Å². The number of nitrogens with zero attached hydrogens (tertiary/aromatic N) is 11. The second-order valence-electron chi connectivity index (χ2n) is 25.7. The Kier molecular flexibility index (Phi) is 50.1. The first-order chi connectivity index (χ1) is 56.0. The number of aliphatic hydroxyl groups is 2. The Labute approximate surface area is 711 Å². The van der Waals surface area contributed by atoms with Gasteiger partial charge in [-0.3, -0.25) is 13.2 Å². The van der Waals surface area contributed by atoms with Crippen molar-refractivity contribution in [3.8, 4) is 0 Å².